The van der Waals surface area contributed by atoms with E-state index in [-0.39, 0.29) is 12.2 Å². The van der Waals surface area contributed by atoms with Crippen LogP contribution in [0, 0.1) is 0 Å². The lowest BCUT2D eigenvalue weighted by molar-refractivity contribution is -0.154. The highest BCUT2D eigenvalue weighted by molar-refractivity contribution is 5.90. The Balaban J connectivity index is 1.95. The zero-order valence-electron chi connectivity index (χ0n) is 10.9. The van der Waals surface area contributed by atoms with Crippen LogP contribution < -0.4 is 4.74 Å². The quantitative estimate of drug-likeness (QED) is 0.834. The standard InChI is InChI=1S/C14H15F3O3/c1-2-7-19-13-11(18)8-12(13)20-10-5-3-9(4-6-10)14(15,16)17/h3-6,12-13H,2,7-8H2,1H3. The van der Waals surface area contributed by atoms with Crippen molar-refractivity contribution in [2.45, 2.75) is 38.1 Å². The van der Waals surface area contributed by atoms with Crippen molar-refractivity contribution in [3.8, 4) is 5.75 Å². The monoisotopic (exact) mass is 288 g/mol. The van der Waals surface area contributed by atoms with Gasteiger partial charge in [-0.2, -0.15) is 13.2 Å². The zero-order valence-corrected chi connectivity index (χ0v) is 10.9. The fourth-order valence-corrected chi connectivity index (χ4v) is 1.91. The second kappa shape index (κ2) is 5.83. The van der Waals surface area contributed by atoms with Gasteiger partial charge in [0, 0.05) is 13.0 Å². The molecule has 0 amide bonds. The topological polar surface area (TPSA) is 35.5 Å². The molecule has 3 nitrogen and oxygen atoms in total. The molecule has 0 radical (unpaired) electrons. The van der Waals surface area contributed by atoms with Gasteiger partial charge in [-0.3, -0.25) is 4.79 Å². The Morgan fingerprint density at radius 3 is 2.40 bits per heavy atom. The molecule has 0 saturated heterocycles. The van der Waals surface area contributed by atoms with Crippen LogP contribution in [0.25, 0.3) is 0 Å². The van der Waals surface area contributed by atoms with E-state index in [1.165, 1.54) is 12.1 Å². The molecule has 1 aromatic rings. The largest absolute Gasteiger partial charge is 0.487 e. The maximum atomic E-state index is 12.4. The second-order valence-electron chi connectivity index (χ2n) is 4.64. The molecule has 0 aromatic heterocycles. The summed E-state index contributed by atoms with van der Waals surface area (Å²) < 4.78 is 48.1. The van der Waals surface area contributed by atoms with Crippen LogP contribution in [-0.2, 0) is 15.7 Å². The minimum Gasteiger partial charge on any atom is -0.487 e. The van der Waals surface area contributed by atoms with Gasteiger partial charge >= 0.3 is 6.18 Å². The highest BCUT2D eigenvalue weighted by Gasteiger charge is 2.42. The molecule has 110 valence electrons. The van der Waals surface area contributed by atoms with Gasteiger partial charge < -0.3 is 9.47 Å². The van der Waals surface area contributed by atoms with Crippen LogP contribution >= 0.6 is 0 Å². The maximum absolute atomic E-state index is 12.4. The predicted molar refractivity (Wildman–Crippen MR) is 65.5 cm³/mol. The van der Waals surface area contributed by atoms with Crippen molar-refractivity contribution in [3.63, 3.8) is 0 Å². The maximum Gasteiger partial charge on any atom is 0.416 e. The van der Waals surface area contributed by atoms with E-state index in [1.54, 1.807) is 0 Å². The second-order valence-corrected chi connectivity index (χ2v) is 4.64. The van der Waals surface area contributed by atoms with E-state index in [0.717, 1.165) is 18.6 Å². The minimum atomic E-state index is -4.36. The van der Waals surface area contributed by atoms with Gasteiger partial charge in [-0.1, -0.05) is 6.92 Å². The Kier molecular flexibility index (Phi) is 4.32. The molecule has 2 unspecified atom stereocenters. The lowest BCUT2D eigenvalue weighted by Gasteiger charge is -2.34. The fraction of sp³-hybridized carbons (Fsp3) is 0.500. The molecule has 1 saturated carbocycles. The summed E-state index contributed by atoms with van der Waals surface area (Å²) in [6, 6.07) is 4.42. The van der Waals surface area contributed by atoms with Gasteiger partial charge in [-0.15, -0.1) is 0 Å². The van der Waals surface area contributed by atoms with Crippen molar-refractivity contribution < 1.29 is 27.4 Å². The van der Waals surface area contributed by atoms with Crippen LogP contribution in [-0.4, -0.2) is 24.6 Å². The number of Topliss-reactive ketones (excluding diaryl/α,β-unsaturated/α-hetero) is 1. The molecule has 6 heteroatoms. The predicted octanol–water partition coefficient (Wildman–Crippen LogP) is 3.22. The Morgan fingerprint density at radius 2 is 1.90 bits per heavy atom. The van der Waals surface area contributed by atoms with Gasteiger partial charge in [0.2, 0.25) is 0 Å². The molecule has 0 N–H and O–H groups in total. The molecule has 1 aliphatic carbocycles. The first kappa shape index (κ1) is 14.8. The molecule has 2 atom stereocenters. The van der Waals surface area contributed by atoms with Gasteiger partial charge in [-0.05, 0) is 30.7 Å². The number of ether oxygens (including phenoxy) is 2. The minimum absolute atomic E-state index is 0.0321. The van der Waals surface area contributed by atoms with Gasteiger partial charge in [0.15, 0.2) is 11.9 Å². The van der Waals surface area contributed by atoms with Crippen molar-refractivity contribution in [3.05, 3.63) is 29.8 Å². The summed E-state index contributed by atoms with van der Waals surface area (Å²) in [5.74, 6) is 0.274. The Morgan fingerprint density at radius 1 is 1.25 bits per heavy atom. The van der Waals surface area contributed by atoms with Crippen LogP contribution in [0.2, 0.25) is 0 Å². The van der Waals surface area contributed by atoms with Crippen LogP contribution in [0.3, 0.4) is 0 Å². The molecule has 0 aliphatic heterocycles. The summed E-state index contributed by atoms with van der Waals surface area (Å²) in [4.78, 5) is 11.4. The average molecular weight is 288 g/mol. The zero-order chi connectivity index (χ0) is 14.8. The Bertz CT molecular complexity index is 468. The third-order valence-electron chi connectivity index (χ3n) is 3.03. The van der Waals surface area contributed by atoms with E-state index in [0.29, 0.717) is 12.4 Å². The number of rotatable bonds is 5. The SMILES string of the molecule is CCCOC1C(=O)CC1Oc1ccc(C(F)(F)F)cc1. The van der Waals surface area contributed by atoms with Crippen molar-refractivity contribution >= 4 is 5.78 Å². The van der Waals surface area contributed by atoms with Crippen LogP contribution in [0.5, 0.6) is 5.75 Å². The summed E-state index contributed by atoms with van der Waals surface area (Å²) in [5.41, 5.74) is -0.728. The Labute approximate surface area is 114 Å². The summed E-state index contributed by atoms with van der Waals surface area (Å²) in [6.45, 7) is 2.39. The lowest BCUT2D eigenvalue weighted by Crippen LogP contribution is -2.52. The number of benzene rings is 1. The molecular weight excluding hydrogens is 273 g/mol. The van der Waals surface area contributed by atoms with E-state index in [1.807, 2.05) is 6.92 Å². The van der Waals surface area contributed by atoms with Crippen LogP contribution in [0.4, 0.5) is 13.2 Å². The summed E-state index contributed by atoms with van der Waals surface area (Å²) >= 11 is 0. The molecule has 0 bridgehead atoms. The molecule has 20 heavy (non-hydrogen) atoms. The van der Waals surface area contributed by atoms with E-state index < -0.39 is 23.9 Å². The summed E-state index contributed by atoms with van der Waals surface area (Å²) in [7, 11) is 0. The first-order chi connectivity index (χ1) is 9.41. The molecule has 1 aliphatic rings. The third kappa shape index (κ3) is 3.30. The van der Waals surface area contributed by atoms with Crippen LogP contribution in [0.1, 0.15) is 25.3 Å². The summed E-state index contributed by atoms with van der Waals surface area (Å²) in [5, 5.41) is 0. The van der Waals surface area contributed by atoms with E-state index in [2.05, 4.69) is 0 Å². The lowest BCUT2D eigenvalue weighted by atomic mass is 9.90. The van der Waals surface area contributed by atoms with Crippen molar-refractivity contribution in [2.24, 2.45) is 0 Å². The normalized spacial score (nSPS) is 22.5. The number of hydrogen-bond acceptors (Lipinski definition) is 3. The number of hydrogen-bond donors (Lipinski definition) is 0. The van der Waals surface area contributed by atoms with Crippen molar-refractivity contribution in [1.82, 2.24) is 0 Å². The van der Waals surface area contributed by atoms with Crippen molar-refractivity contribution in [2.75, 3.05) is 6.61 Å². The Hall–Kier alpha value is -1.56. The number of ketones is 1. The molecule has 0 spiro atoms. The number of alkyl halides is 3. The van der Waals surface area contributed by atoms with Crippen LogP contribution in [0.15, 0.2) is 24.3 Å². The molecule has 2 rings (SSSR count). The highest BCUT2D eigenvalue weighted by atomic mass is 19.4. The number of carbonyl (C=O) groups excluding carboxylic acids is 1. The number of carbonyl (C=O) groups is 1. The molecule has 1 fully saturated rings. The van der Waals surface area contributed by atoms with Gasteiger partial charge in [0.1, 0.15) is 11.9 Å². The van der Waals surface area contributed by atoms with Gasteiger partial charge in [0.25, 0.3) is 0 Å². The average Bonchev–Trinajstić information content (AvgIpc) is 2.38. The number of halogens is 3. The van der Waals surface area contributed by atoms with Gasteiger partial charge in [0.05, 0.1) is 5.56 Å². The third-order valence-corrected chi connectivity index (χ3v) is 3.03. The van der Waals surface area contributed by atoms with E-state index >= 15 is 0 Å². The fourth-order valence-electron chi connectivity index (χ4n) is 1.91. The smallest absolute Gasteiger partial charge is 0.416 e. The first-order valence-electron chi connectivity index (χ1n) is 6.40. The van der Waals surface area contributed by atoms with E-state index in [9.17, 15) is 18.0 Å². The first-order valence-corrected chi connectivity index (χ1v) is 6.40. The van der Waals surface area contributed by atoms with E-state index in [4.69, 9.17) is 9.47 Å². The van der Waals surface area contributed by atoms with Gasteiger partial charge in [-0.25, -0.2) is 0 Å². The molecule has 0 heterocycles. The molecule has 1 aromatic carbocycles. The highest BCUT2D eigenvalue weighted by Crippen LogP contribution is 2.31. The molecular formula is C14H15F3O3. The summed E-state index contributed by atoms with van der Waals surface area (Å²) in [6.07, 6.45) is -4.35. The van der Waals surface area contributed by atoms with Crippen molar-refractivity contribution in [1.29, 1.82) is 0 Å².